The zero-order valence-corrected chi connectivity index (χ0v) is 19.6. The quantitative estimate of drug-likeness (QED) is 0.380. The van der Waals surface area contributed by atoms with Crippen molar-refractivity contribution in [3.8, 4) is 16.9 Å². The SMILES string of the molecule is O=C(NC[C@H]1Cc2cc(Cl)cc(-c3ccc4[nH]ccc4c3)c2O1)c1cccc(N2CCNC2=O)c1. The second-order valence-corrected chi connectivity index (χ2v) is 9.25. The highest BCUT2D eigenvalue weighted by Crippen LogP contribution is 2.41. The maximum Gasteiger partial charge on any atom is 0.321 e. The van der Waals surface area contributed by atoms with Crippen molar-refractivity contribution in [2.24, 2.45) is 0 Å². The molecule has 0 radical (unpaired) electrons. The predicted molar refractivity (Wildman–Crippen MR) is 136 cm³/mol. The molecule has 8 heteroatoms. The van der Waals surface area contributed by atoms with Crippen LogP contribution in [-0.2, 0) is 6.42 Å². The summed E-state index contributed by atoms with van der Waals surface area (Å²) in [6.45, 7) is 1.54. The molecule has 0 bridgehead atoms. The average molecular weight is 487 g/mol. The van der Waals surface area contributed by atoms with E-state index < -0.39 is 0 Å². The van der Waals surface area contributed by atoms with E-state index in [1.807, 2.05) is 36.5 Å². The van der Waals surface area contributed by atoms with Gasteiger partial charge in [-0.2, -0.15) is 0 Å². The van der Waals surface area contributed by atoms with Gasteiger partial charge in [-0.05, 0) is 59.5 Å². The van der Waals surface area contributed by atoms with Crippen LogP contribution in [0.3, 0.4) is 0 Å². The summed E-state index contributed by atoms with van der Waals surface area (Å²) in [5, 5.41) is 7.53. The van der Waals surface area contributed by atoms with E-state index in [1.165, 1.54) is 0 Å². The first-order chi connectivity index (χ1) is 17.0. The Morgan fingerprint density at radius 1 is 1.14 bits per heavy atom. The number of ether oxygens (including phenoxy) is 1. The van der Waals surface area contributed by atoms with Crippen molar-refractivity contribution in [1.29, 1.82) is 0 Å². The van der Waals surface area contributed by atoms with Gasteiger partial charge in [0.2, 0.25) is 0 Å². The Labute approximate surface area is 207 Å². The second-order valence-electron chi connectivity index (χ2n) is 8.81. The second kappa shape index (κ2) is 8.67. The van der Waals surface area contributed by atoms with Crippen LogP contribution in [0.25, 0.3) is 22.0 Å². The first-order valence-electron chi connectivity index (χ1n) is 11.6. The molecule has 0 spiro atoms. The molecule has 176 valence electrons. The standard InChI is InChI=1S/C27H23ClN4O3/c28-20-11-19-13-22(35-25(19)23(14-20)16-4-5-24-17(10-16)6-7-29-24)15-31-26(33)18-2-1-3-21(12-18)32-9-8-30-27(32)34/h1-7,10-12,14,22,29H,8-9,13,15H2,(H,30,34)(H,31,33)/t22-/m1/s1. The first kappa shape index (κ1) is 21.6. The van der Waals surface area contributed by atoms with Crippen molar-refractivity contribution >= 4 is 40.1 Å². The number of hydrogen-bond acceptors (Lipinski definition) is 3. The van der Waals surface area contributed by atoms with Crippen molar-refractivity contribution in [3.05, 3.63) is 83.0 Å². The summed E-state index contributed by atoms with van der Waals surface area (Å²) in [4.78, 5) is 29.6. The molecular weight excluding hydrogens is 464 g/mol. The molecule has 2 aliphatic heterocycles. The van der Waals surface area contributed by atoms with E-state index in [2.05, 4.69) is 27.8 Å². The number of rotatable bonds is 5. The minimum atomic E-state index is -0.206. The number of anilines is 1. The molecule has 1 atom stereocenters. The molecule has 3 amide bonds. The molecule has 6 rings (SSSR count). The molecule has 1 saturated heterocycles. The highest BCUT2D eigenvalue weighted by atomic mass is 35.5. The number of amides is 3. The molecule has 1 fully saturated rings. The van der Waals surface area contributed by atoms with Crippen LogP contribution in [0.5, 0.6) is 5.75 Å². The third-order valence-corrected chi connectivity index (χ3v) is 6.71. The molecule has 4 aromatic rings. The van der Waals surface area contributed by atoms with Crippen LogP contribution < -0.4 is 20.3 Å². The van der Waals surface area contributed by atoms with E-state index in [1.54, 1.807) is 23.1 Å². The predicted octanol–water partition coefficient (Wildman–Crippen LogP) is 4.75. The number of benzene rings is 3. The topological polar surface area (TPSA) is 86.5 Å². The number of fused-ring (bicyclic) bond motifs is 2. The van der Waals surface area contributed by atoms with E-state index in [-0.39, 0.29) is 18.0 Å². The van der Waals surface area contributed by atoms with Gasteiger partial charge in [-0.3, -0.25) is 9.69 Å². The summed E-state index contributed by atoms with van der Waals surface area (Å²) in [6, 6.07) is 19.0. The molecule has 0 unspecified atom stereocenters. The summed E-state index contributed by atoms with van der Waals surface area (Å²) in [5.41, 5.74) is 5.28. The first-order valence-corrected chi connectivity index (χ1v) is 11.9. The fourth-order valence-electron chi connectivity index (χ4n) is 4.79. The van der Waals surface area contributed by atoms with Gasteiger partial charge in [0.1, 0.15) is 11.9 Å². The highest BCUT2D eigenvalue weighted by Gasteiger charge is 2.28. The van der Waals surface area contributed by atoms with Gasteiger partial charge in [-0.25, -0.2) is 4.79 Å². The van der Waals surface area contributed by atoms with Gasteiger partial charge in [0.15, 0.2) is 0 Å². The van der Waals surface area contributed by atoms with Crippen molar-refractivity contribution < 1.29 is 14.3 Å². The Morgan fingerprint density at radius 3 is 2.91 bits per heavy atom. The average Bonchev–Trinajstić information content (AvgIpc) is 3.60. The summed E-state index contributed by atoms with van der Waals surface area (Å²) in [5.74, 6) is 0.604. The molecule has 7 nitrogen and oxygen atoms in total. The summed E-state index contributed by atoms with van der Waals surface area (Å²) >= 11 is 6.45. The van der Waals surface area contributed by atoms with Crippen LogP contribution in [0.4, 0.5) is 10.5 Å². The molecule has 3 aromatic carbocycles. The zero-order chi connectivity index (χ0) is 23.9. The van der Waals surface area contributed by atoms with Crippen LogP contribution in [0.1, 0.15) is 15.9 Å². The number of aromatic nitrogens is 1. The normalized spacial score (nSPS) is 16.8. The van der Waals surface area contributed by atoms with Gasteiger partial charge in [0.05, 0.1) is 6.54 Å². The Balaban J connectivity index is 1.17. The number of halogens is 1. The fourth-order valence-corrected chi connectivity index (χ4v) is 5.03. The molecule has 0 saturated carbocycles. The lowest BCUT2D eigenvalue weighted by Gasteiger charge is -2.16. The van der Waals surface area contributed by atoms with E-state index in [0.717, 1.165) is 33.3 Å². The molecule has 35 heavy (non-hydrogen) atoms. The van der Waals surface area contributed by atoms with Crippen LogP contribution in [0.15, 0.2) is 66.9 Å². The zero-order valence-electron chi connectivity index (χ0n) is 18.8. The lowest BCUT2D eigenvalue weighted by atomic mass is 9.99. The summed E-state index contributed by atoms with van der Waals surface area (Å²) < 4.78 is 6.30. The van der Waals surface area contributed by atoms with Gasteiger partial charge >= 0.3 is 6.03 Å². The van der Waals surface area contributed by atoms with E-state index >= 15 is 0 Å². The van der Waals surface area contributed by atoms with Gasteiger partial charge < -0.3 is 20.4 Å². The number of hydrogen-bond donors (Lipinski definition) is 3. The number of nitrogens with one attached hydrogen (secondary N) is 3. The lowest BCUT2D eigenvalue weighted by Crippen LogP contribution is -2.34. The van der Waals surface area contributed by atoms with Crippen LogP contribution in [-0.4, -0.2) is 42.7 Å². The number of carbonyl (C=O) groups excluding carboxylic acids is 2. The molecule has 3 N–H and O–H groups in total. The smallest absolute Gasteiger partial charge is 0.321 e. The van der Waals surface area contributed by atoms with Gasteiger partial charge in [-0.1, -0.05) is 23.7 Å². The Morgan fingerprint density at radius 2 is 2.06 bits per heavy atom. The van der Waals surface area contributed by atoms with Crippen LogP contribution in [0.2, 0.25) is 5.02 Å². The Kier molecular flexibility index (Phi) is 5.34. The van der Waals surface area contributed by atoms with Crippen molar-refractivity contribution in [3.63, 3.8) is 0 Å². The van der Waals surface area contributed by atoms with Crippen LogP contribution in [0, 0.1) is 0 Å². The largest absolute Gasteiger partial charge is 0.487 e. The maximum atomic E-state index is 12.9. The maximum absolute atomic E-state index is 12.9. The number of aromatic amines is 1. The molecule has 3 heterocycles. The third kappa shape index (κ3) is 4.08. The number of nitrogens with zero attached hydrogens (tertiary/aromatic N) is 1. The number of H-pyrrole nitrogens is 1. The molecular formula is C27H23ClN4O3. The molecule has 0 aliphatic carbocycles. The minimum absolute atomic E-state index is 0.148. The Hall–Kier alpha value is -3.97. The van der Waals surface area contributed by atoms with Crippen molar-refractivity contribution in [1.82, 2.24) is 15.6 Å². The van der Waals surface area contributed by atoms with Crippen molar-refractivity contribution in [2.45, 2.75) is 12.5 Å². The summed E-state index contributed by atoms with van der Waals surface area (Å²) in [7, 11) is 0. The van der Waals surface area contributed by atoms with Gasteiger partial charge in [0, 0.05) is 58.6 Å². The molecule has 1 aromatic heterocycles. The van der Waals surface area contributed by atoms with Crippen molar-refractivity contribution in [2.75, 3.05) is 24.5 Å². The monoisotopic (exact) mass is 486 g/mol. The number of carbonyl (C=O) groups is 2. The summed E-state index contributed by atoms with van der Waals surface area (Å²) in [6.07, 6.45) is 2.38. The van der Waals surface area contributed by atoms with E-state index in [4.69, 9.17) is 16.3 Å². The van der Waals surface area contributed by atoms with Gasteiger partial charge in [-0.15, -0.1) is 0 Å². The Bertz CT molecular complexity index is 1460. The molecule has 2 aliphatic rings. The van der Waals surface area contributed by atoms with E-state index in [9.17, 15) is 9.59 Å². The van der Waals surface area contributed by atoms with Gasteiger partial charge in [0.25, 0.3) is 5.91 Å². The van der Waals surface area contributed by atoms with E-state index in [0.29, 0.717) is 42.3 Å². The lowest BCUT2D eigenvalue weighted by molar-refractivity contribution is 0.0933. The third-order valence-electron chi connectivity index (χ3n) is 6.49. The number of urea groups is 1. The minimum Gasteiger partial charge on any atom is -0.487 e. The fraction of sp³-hybridized carbons (Fsp3) is 0.185. The highest BCUT2D eigenvalue weighted by molar-refractivity contribution is 6.31. The van der Waals surface area contributed by atoms with Crippen LogP contribution >= 0.6 is 11.6 Å².